The van der Waals surface area contributed by atoms with Crippen molar-refractivity contribution >= 4 is 23.6 Å². The first-order valence-electron chi connectivity index (χ1n) is 5.67. The zero-order chi connectivity index (χ0) is 14.5. The van der Waals surface area contributed by atoms with E-state index in [1.165, 1.54) is 26.0 Å². The first-order valence-corrected chi connectivity index (χ1v) is 6.90. The molecule has 2 N–H and O–H groups in total. The van der Waals surface area contributed by atoms with Gasteiger partial charge in [0.05, 0.1) is 14.2 Å². The normalized spacial score (nSPS) is 10.2. The number of carbonyl (C=O) groups is 1. The van der Waals surface area contributed by atoms with Gasteiger partial charge in [-0.05, 0) is 24.5 Å². The molecule has 0 saturated heterocycles. The van der Waals surface area contributed by atoms with Crippen LogP contribution in [-0.2, 0) is 0 Å². The highest BCUT2D eigenvalue weighted by Gasteiger charge is 2.12. The lowest BCUT2D eigenvalue weighted by Gasteiger charge is -2.09. The molecule has 1 aromatic carbocycles. The molecule has 1 aromatic heterocycles. The fourth-order valence-electron chi connectivity index (χ4n) is 1.55. The molecule has 0 bridgehead atoms. The van der Waals surface area contributed by atoms with E-state index >= 15 is 0 Å². The van der Waals surface area contributed by atoms with Crippen LogP contribution in [0.2, 0.25) is 0 Å². The number of hydrogen-bond donors (Lipinski definition) is 2. The van der Waals surface area contributed by atoms with Gasteiger partial charge in [0, 0.05) is 5.56 Å². The third-order valence-electron chi connectivity index (χ3n) is 2.53. The quantitative estimate of drug-likeness (QED) is 0.817. The molecule has 0 saturated carbocycles. The third-order valence-corrected chi connectivity index (χ3v) is 3.07. The van der Waals surface area contributed by atoms with Gasteiger partial charge in [-0.2, -0.15) is 4.98 Å². The van der Waals surface area contributed by atoms with Gasteiger partial charge in [0.25, 0.3) is 5.91 Å². The Kier molecular flexibility index (Phi) is 4.46. The maximum Gasteiger partial charge on any atom is 0.258 e. The fourth-order valence-corrected chi connectivity index (χ4v) is 1.87. The number of thioether (sulfide) groups is 1. The topological polar surface area (TPSA) is 89.1 Å². The van der Waals surface area contributed by atoms with Gasteiger partial charge < -0.3 is 9.47 Å². The predicted octanol–water partition coefficient (Wildman–Crippen LogP) is 1.80. The summed E-state index contributed by atoms with van der Waals surface area (Å²) in [5.74, 6) is 1.04. The fraction of sp³-hybridized carbons (Fsp3) is 0.250. The summed E-state index contributed by atoms with van der Waals surface area (Å²) in [6.45, 7) is 0. The Labute approximate surface area is 120 Å². The van der Waals surface area contributed by atoms with Crippen molar-refractivity contribution in [2.45, 2.75) is 5.16 Å². The molecule has 0 aliphatic heterocycles. The maximum absolute atomic E-state index is 12.1. The molecule has 7 nitrogen and oxygen atoms in total. The summed E-state index contributed by atoms with van der Waals surface area (Å²) in [5.41, 5.74) is 0.435. The molecule has 0 unspecified atom stereocenters. The predicted molar refractivity (Wildman–Crippen MR) is 75.7 cm³/mol. The number of methoxy groups -OCH3 is 2. The van der Waals surface area contributed by atoms with Crippen LogP contribution in [0.3, 0.4) is 0 Å². The number of benzene rings is 1. The molecule has 106 valence electrons. The van der Waals surface area contributed by atoms with Gasteiger partial charge in [0.2, 0.25) is 11.1 Å². The molecule has 2 aromatic rings. The number of aromatic nitrogens is 3. The molecule has 0 fully saturated rings. The number of H-pyrrole nitrogens is 1. The van der Waals surface area contributed by atoms with Crippen molar-refractivity contribution in [3.8, 4) is 11.5 Å². The largest absolute Gasteiger partial charge is 0.493 e. The number of anilines is 1. The first kappa shape index (κ1) is 14.2. The summed E-state index contributed by atoms with van der Waals surface area (Å²) < 4.78 is 10.3. The van der Waals surface area contributed by atoms with Crippen molar-refractivity contribution in [2.75, 3.05) is 25.8 Å². The number of nitrogens with one attached hydrogen (secondary N) is 2. The molecule has 0 aliphatic carbocycles. The second kappa shape index (κ2) is 6.29. The Balaban J connectivity index is 2.16. The Morgan fingerprint density at radius 2 is 2.05 bits per heavy atom. The molecular formula is C12H14N4O3S. The molecule has 1 heterocycles. The summed E-state index contributed by atoms with van der Waals surface area (Å²) in [4.78, 5) is 16.2. The van der Waals surface area contributed by atoms with E-state index in [-0.39, 0.29) is 5.91 Å². The van der Waals surface area contributed by atoms with E-state index in [9.17, 15) is 4.79 Å². The van der Waals surface area contributed by atoms with Crippen molar-refractivity contribution < 1.29 is 14.3 Å². The molecule has 2 rings (SSSR count). The molecule has 1 amide bonds. The Morgan fingerprint density at radius 3 is 2.65 bits per heavy atom. The number of rotatable bonds is 5. The van der Waals surface area contributed by atoms with E-state index < -0.39 is 0 Å². The van der Waals surface area contributed by atoms with Crippen LogP contribution in [0, 0.1) is 0 Å². The van der Waals surface area contributed by atoms with Gasteiger partial charge in [0.1, 0.15) is 0 Å². The van der Waals surface area contributed by atoms with Gasteiger partial charge in [-0.25, -0.2) is 5.10 Å². The molecule has 0 spiro atoms. The highest BCUT2D eigenvalue weighted by molar-refractivity contribution is 7.98. The summed E-state index contributed by atoms with van der Waals surface area (Å²) in [5, 5.41) is 9.74. The number of carbonyl (C=O) groups excluding carboxylic acids is 1. The summed E-state index contributed by atoms with van der Waals surface area (Å²) in [6.07, 6.45) is 1.85. The number of nitrogens with zero attached hydrogens (tertiary/aromatic N) is 2. The highest BCUT2D eigenvalue weighted by Crippen LogP contribution is 2.27. The van der Waals surface area contributed by atoms with Crippen LogP contribution in [-0.4, -0.2) is 41.6 Å². The second-order valence-electron chi connectivity index (χ2n) is 3.69. The lowest BCUT2D eigenvalue weighted by atomic mass is 10.2. The van der Waals surface area contributed by atoms with Crippen LogP contribution in [0.15, 0.2) is 23.4 Å². The third kappa shape index (κ3) is 3.02. The van der Waals surface area contributed by atoms with Crippen molar-refractivity contribution in [2.24, 2.45) is 0 Å². The lowest BCUT2D eigenvalue weighted by Crippen LogP contribution is -2.13. The van der Waals surface area contributed by atoms with E-state index in [2.05, 4.69) is 20.5 Å². The molecule has 0 aliphatic rings. The smallest absolute Gasteiger partial charge is 0.258 e. The van der Waals surface area contributed by atoms with Crippen LogP contribution >= 0.6 is 11.8 Å². The number of hydrogen-bond acceptors (Lipinski definition) is 6. The van der Waals surface area contributed by atoms with E-state index in [1.807, 2.05) is 6.26 Å². The average Bonchev–Trinajstić information content (AvgIpc) is 2.94. The van der Waals surface area contributed by atoms with E-state index in [0.29, 0.717) is 28.2 Å². The van der Waals surface area contributed by atoms with Gasteiger partial charge >= 0.3 is 0 Å². The van der Waals surface area contributed by atoms with Crippen LogP contribution in [0.25, 0.3) is 0 Å². The summed E-state index contributed by atoms with van der Waals surface area (Å²) in [7, 11) is 3.05. The van der Waals surface area contributed by atoms with Gasteiger partial charge in [-0.1, -0.05) is 11.8 Å². The minimum Gasteiger partial charge on any atom is -0.493 e. The van der Waals surface area contributed by atoms with E-state index in [1.54, 1.807) is 18.2 Å². The summed E-state index contributed by atoms with van der Waals surface area (Å²) in [6, 6.07) is 4.91. The average molecular weight is 294 g/mol. The minimum absolute atomic E-state index is 0.300. The minimum atomic E-state index is -0.310. The standard InChI is InChI=1S/C12H14N4O3S/c1-18-8-5-4-7(6-9(8)19-2)10(17)13-11-14-12(20-3)16-15-11/h4-6H,1-3H3,(H2,13,14,15,16,17). The number of aromatic amines is 1. The van der Waals surface area contributed by atoms with Crippen LogP contribution < -0.4 is 14.8 Å². The van der Waals surface area contributed by atoms with Crippen LogP contribution in [0.4, 0.5) is 5.95 Å². The van der Waals surface area contributed by atoms with Gasteiger partial charge in [-0.3, -0.25) is 10.1 Å². The SMILES string of the molecule is COc1ccc(C(=O)Nc2nc(SC)n[nH]2)cc1OC. The molecule has 20 heavy (non-hydrogen) atoms. The monoisotopic (exact) mass is 294 g/mol. The summed E-state index contributed by atoms with van der Waals surface area (Å²) >= 11 is 1.38. The van der Waals surface area contributed by atoms with Crippen molar-refractivity contribution in [1.29, 1.82) is 0 Å². The van der Waals surface area contributed by atoms with Crippen LogP contribution in [0.5, 0.6) is 11.5 Å². The lowest BCUT2D eigenvalue weighted by molar-refractivity contribution is 0.102. The molecular weight excluding hydrogens is 280 g/mol. The maximum atomic E-state index is 12.1. The molecule has 0 radical (unpaired) electrons. The number of amides is 1. The van der Waals surface area contributed by atoms with Crippen molar-refractivity contribution in [1.82, 2.24) is 15.2 Å². The zero-order valence-electron chi connectivity index (χ0n) is 11.3. The first-order chi connectivity index (χ1) is 9.67. The zero-order valence-corrected chi connectivity index (χ0v) is 12.1. The highest BCUT2D eigenvalue weighted by atomic mass is 32.2. The molecule has 8 heteroatoms. The van der Waals surface area contributed by atoms with Gasteiger partial charge in [-0.15, -0.1) is 5.10 Å². The van der Waals surface area contributed by atoms with Gasteiger partial charge in [0.15, 0.2) is 11.5 Å². The van der Waals surface area contributed by atoms with E-state index in [0.717, 1.165) is 0 Å². The Bertz CT molecular complexity index is 614. The Hall–Kier alpha value is -2.22. The Morgan fingerprint density at radius 1 is 1.30 bits per heavy atom. The van der Waals surface area contributed by atoms with E-state index in [4.69, 9.17) is 9.47 Å². The molecule has 0 atom stereocenters. The number of ether oxygens (including phenoxy) is 2. The van der Waals surface area contributed by atoms with Crippen LogP contribution in [0.1, 0.15) is 10.4 Å². The second-order valence-corrected chi connectivity index (χ2v) is 4.47. The van der Waals surface area contributed by atoms with Crippen molar-refractivity contribution in [3.63, 3.8) is 0 Å². The van der Waals surface area contributed by atoms with Crippen molar-refractivity contribution in [3.05, 3.63) is 23.8 Å².